The standard InChI is InChI=1S/C12H19N3OS2/c1-12(2)8-15(5-6-17-12)7-9-3-4-10(18-9)11(16)14-13/h3-4H,5-8,13H2,1-2H3,(H,14,16). The largest absolute Gasteiger partial charge is 0.296 e. The first-order valence-electron chi connectivity index (χ1n) is 5.96. The number of hydrogen-bond acceptors (Lipinski definition) is 5. The van der Waals surface area contributed by atoms with E-state index in [0.29, 0.717) is 9.62 Å². The van der Waals surface area contributed by atoms with Crippen LogP contribution >= 0.6 is 23.1 Å². The van der Waals surface area contributed by atoms with Gasteiger partial charge in [-0.2, -0.15) is 11.8 Å². The Morgan fingerprint density at radius 2 is 2.33 bits per heavy atom. The molecule has 1 fully saturated rings. The van der Waals surface area contributed by atoms with Crippen molar-refractivity contribution in [1.29, 1.82) is 0 Å². The lowest BCUT2D eigenvalue weighted by Gasteiger charge is -2.37. The summed E-state index contributed by atoms with van der Waals surface area (Å²) in [5.74, 6) is 6.09. The smallest absolute Gasteiger partial charge is 0.275 e. The average molecular weight is 285 g/mol. The fourth-order valence-corrected chi connectivity index (χ4v) is 4.25. The van der Waals surface area contributed by atoms with E-state index in [-0.39, 0.29) is 5.91 Å². The molecule has 6 heteroatoms. The third-order valence-corrected chi connectivity index (χ3v) is 5.27. The minimum Gasteiger partial charge on any atom is -0.296 e. The minimum atomic E-state index is -0.208. The molecule has 0 unspecified atom stereocenters. The van der Waals surface area contributed by atoms with Crippen molar-refractivity contribution < 1.29 is 4.79 Å². The number of thioether (sulfide) groups is 1. The van der Waals surface area contributed by atoms with E-state index in [9.17, 15) is 4.79 Å². The molecule has 1 amide bonds. The zero-order valence-electron chi connectivity index (χ0n) is 10.7. The lowest BCUT2D eigenvalue weighted by molar-refractivity contribution is 0.0957. The number of hydrogen-bond donors (Lipinski definition) is 2. The number of nitrogens with one attached hydrogen (secondary N) is 1. The average Bonchev–Trinajstić information content (AvgIpc) is 2.75. The summed E-state index contributed by atoms with van der Waals surface area (Å²) in [6.45, 7) is 7.70. The molecule has 0 aliphatic carbocycles. The second kappa shape index (κ2) is 5.61. The molecule has 0 spiro atoms. The van der Waals surface area contributed by atoms with Crippen LogP contribution in [0.3, 0.4) is 0 Å². The van der Waals surface area contributed by atoms with Crippen LogP contribution in [-0.4, -0.2) is 34.4 Å². The summed E-state index contributed by atoms with van der Waals surface area (Å²) >= 11 is 3.55. The van der Waals surface area contributed by atoms with Crippen LogP contribution in [0.5, 0.6) is 0 Å². The van der Waals surface area contributed by atoms with Crippen LogP contribution in [0.2, 0.25) is 0 Å². The van der Waals surface area contributed by atoms with Crippen LogP contribution in [0.15, 0.2) is 12.1 Å². The summed E-state index contributed by atoms with van der Waals surface area (Å²) in [5, 5.41) is 0. The summed E-state index contributed by atoms with van der Waals surface area (Å²) in [4.78, 5) is 15.7. The van der Waals surface area contributed by atoms with E-state index in [1.54, 1.807) is 0 Å². The molecule has 0 radical (unpaired) electrons. The van der Waals surface area contributed by atoms with Crippen molar-refractivity contribution in [2.45, 2.75) is 25.1 Å². The van der Waals surface area contributed by atoms with E-state index in [2.05, 4.69) is 24.2 Å². The summed E-state index contributed by atoms with van der Waals surface area (Å²) in [5.41, 5.74) is 2.17. The molecule has 1 aromatic heterocycles. The number of nitrogens with zero attached hydrogens (tertiary/aromatic N) is 1. The van der Waals surface area contributed by atoms with Crippen LogP contribution in [0.1, 0.15) is 28.4 Å². The van der Waals surface area contributed by atoms with Crippen LogP contribution in [-0.2, 0) is 6.54 Å². The number of thiophene rings is 1. The number of nitrogens with two attached hydrogens (primary N) is 1. The molecule has 0 aromatic carbocycles. The summed E-state index contributed by atoms with van der Waals surface area (Å²) in [6, 6.07) is 3.86. The van der Waals surface area contributed by atoms with Gasteiger partial charge >= 0.3 is 0 Å². The first-order chi connectivity index (χ1) is 8.50. The normalized spacial score (nSPS) is 19.7. The Morgan fingerprint density at radius 1 is 1.56 bits per heavy atom. The molecule has 0 bridgehead atoms. The summed E-state index contributed by atoms with van der Waals surface area (Å²) in [6.07, 6.45) is 0. The van der Waals surface area contributed by atoms with E-state index in [1.807, 2.05) is 23.9 Å². The van der Waals surface area contributed by atoms with E-state index >= 15 is 0 Å². The topological polar surface area (TPSA) is 58.4 Å². The zero-order chi connectivity index (χ0) is 13.2. The lowest BCUT2D eigenvalue weighted by Crippen LogP contribution is -2.42. The van der Waals surface area contributed by atoms with Gasteiger partial charge in [-0.25, -0.2) is 5.84 Å². The number of amides is 1. The van der Waals surface area contributed by atoms with Gasteiger partial charge in [0.1, 0.15) is 0 Å². The molecule has 3 N–H and O–H groups in total. The highest BCUT2D eigenvalue weighted by Crippen LogP contribution is 2.30. The van der Waals surface area contributed by atoms with Gasteiger partial charge in [-0.1, -0.05) is 0 Å². The Labute approximate surface area is 116 Å². The Bertz CT molecular complexity index is 431. The molecule has 2 rings (SSSR count). The maximum Gasteiger partial charge on any atom is 0.275 e. The van der Waals surface area contributed by atoms with Gasteiger partial charge in [0, 0.05) is 35.0 Å². The van der Waals surface area contributed by atoms with Crippen molar-refractivity contribution >= 4 is 29.0 Å². The predicted octanol–water partition coefficient (Wildman–Crippen LogP) is 1.68. The Hall–Kier alpha value is -0.560. The maximum atomic E-state index is 11.4. The molecule has 0 saturated carbocycles. The number of carbonyl (C=O) groups is 1. The van der Waals surface area contributed by atoms with Crippen LogP contribution in [0.4, 0.5) is 0 Å². The van der Waals surface area contributed by atoms with Gasteiger partial charge in [-0.15, -0.1) is 11.3 Å². The van der Waals surface area contributed by atoms with Crippen LogP contribution in [0, 0.1) is 0 Å². The first-order valence-corrected chi connectivity index (χ1v) is 7.76. The molecule has 2 heterocycles. The van der Waals surface area contributed by atoms with Crippen molar-refractivity contribution in [3.05, 3.63) is 21.9 Å². The van der Waals surface area contributed by atoms with Gasteiger partial charge < -0.3 is 0 Å². The Morgan fingerprint density at radius 3 is 3.00 bits per heavy atom. The van der Waals surface area contributed by atoms with Crippen LogP contribution < -0.4 is 11.3 Å². The fraction of sp³-hybridized carbons (Fsp3) is 0.583. The van der Waals surface area contributed by atoms with Gasteiger partial charge in [-0.3, -0.25) is 15.1 Å². The first kappa shape index (κ1) is 13.9. The quantitative estimate of drug-likeness (QED) is 0.504. The monoisotopic (exact) mass is 285 g/mol. The van der Waals surface area contributed by atoms with Gasteiger partial charge in [0.15, 0.2) is 0 Å². The second-order valence-corrected chi connectivity index (χ2v) is 8.03. The highest BCUT2D eigenvalue weighted by atomic mass is 32.2. The third kappa shape index (κ3) is 3.47. The SMILES string of the molecule is CC1(C)CN(Cc2ccc(C(=O)NN)s2)CCS1. The third-order valence-electron chi connectivity index (χ3n) is 2.90. The predicted molar refractivity (Wildman–Crippen MR) is 77.8 cm³/mol. The molecule has 4 nitrogen and oxygen atoms in total. The number of carbonyl (C=O) groups excluding carboxylic acids is 1. The molecule has 1 aliphatic heterocycles. The van der Waals surface area contributed by atoms with Crippen molar-refractivity contribution in [3.8, 4) is 0 Å². The van der Waals surface area contributed by atoms with E-state index in [1.165, 1.54) is 22.0 Å². The minimum absolute atomic E-state index is 0.208. The number of rotatable bonds is 3. The molecular formula is C12H19N3OS2. The molecule has 18 heavy (non-hydrogen) atoms. The van der Waals surface area contributed by atoms with Gasteiger partial charge in [-0.05, 0) is 26.0 Å². The van der Waals surface area contributed by atoms with Crippen molar-refractivity contribution in [1.82, 2.24) is 10.3 Å². The molecular weight excluding hydrogens is 266 g/mol. The fourth-order valence-electron chi connectivity index (χ4n) is 2.13. The van der Waals surface area contributed by atoms with E-state index in [0.717, 1.165) is 19.6 Å². The number of nitrogen functional groups attached to an aromatic ring is 1. The van der Waals surface area contributed by atoms with Gasteiger partial charge in [0.05, 0.1) is 4.88 Å². The summed E-state index contributed by atoms with van der Waals surface area (Å²) < 4.78 is 0.326. The van der Waals surface area contributed by atoms with Gasteiger partial charge in [0.2, 0.25) is 0 Å². The maximum absolute atomic E-state index is 11.4. The van der Waals surface area contributed by atoms with Crippen molar-refractivity contribution in [2.24, 2.45) is 5.84 Å². The highest BCUT2D eigenvalue weighted by molar-refractivity contribution is 8.00. The zero-order valence-corrected chi connectivity index (χ0v) is 12.4. The number of hydrazine groups is 1. The van der Waals surface area contributed by atoms with E-state index < -0.39 is 0 Å². The molecule has 1 saturated heterocycles. The van der Waals surface area contributed by atoms with Crippen molar-refractivity contribution in [3.63, 3.8) is 0 Å². The van der Waals surface area contributed by atoms with Crippen molar-refractivity contribution in [2.75, 3.05) is 18.8 Å². The molecule has 0 atom stereocenters. The second-order valence-electron chi connectivity index (χ2n) is 5.06. The lowest BCUT2D eigenvalue weighted by atomic mass is 10.2. The molecule has 1 aliphatic rings. The molecule has 100 valence electrons. The van der Waals surface area contributed by atoms with E-state index in [4.69, 9.17) is 5.84 Å². The van der Waals surface area contributed by atoms with Gasteiger partial charge in [0.25, 0.3) is 5.91 Å². The Kier molecular flexibility index (Phi) is 4.32. The Balaban J connectivity index is 1.97. The summed E-state index contributed by atoms with van der Waals surface area (Å²) in [7, 11) is 0. The molecule has 1 aromatic rings. The van der Waals surface area contributed by atoms with Crippen LogP contribution in [0.25, 0.3) is 0 Å². The highest BCUT2D eigenvalue weighted by Gasteiger charge is 2.27.